The Morgan fingerprint density at radius 3 is 2.13 bits per heavy atom. The third kappa shape index (κ3) is 4.13. The Labute approximate surface area is 137 Å². The minimum atomic E-state index is -0.425. The van der Waals surface area contributed by atoms with Crippen molar-refractivity contribution in [3.8, 4) is 0 Å². The smallest absolute Gasteiger partial charge is 0.355 e. The molecular weight excluding hydrogens is 298 g/mol. The first-order valence-corrected chi connectivity index (χ1v) is 7.96. The summed E-state index contributed by atoms with van der Waals surface area (Å²) in [7, 11) is 1.60. The van der Waals surface area contributed by atoms with Crippen molar-refractivity contribution in [3.63, 3.8) is 0 Å². The molecule has 23 heavy (non-hydrogen) atoms. The molecule has 0 bridgehead atoms. The van der Waals surface area contributed by atoms with E-state index in [0.29, 0.717) is 35.7 Å². The summed E-state index contributed by atoms with van der Waals surface area (Å²) in [6, 6.07) is 0. The van der Waals surface area contributed by atoms with Crippen LogP contribution < -0.4 is 0 Å². The molecule has 1 aromatic rings. The Balaban J connectivity index is 3.57. The first-order chi connectivity index (χ1) is 10.9. The van der Waals surface area contributed by atoms with Gasteiger partial charge in [-0.05, 0) is 26.7 Å². The molecule has 0 unspecified atom stereocenters. The van der Waals surface area contributed by atoms with Crippen LogP contribution in [0.4, 0.5) is 0 Å². The van der Waals surface area contributed by atoms with E-state index in [2.05, 4.69) is 0 Å². The summed E-state index contributed by atoms with van der Waals surface area (Å²) in [5.41, 5.74) is 2.25. The summed E-state index contributed by atoms with van der Waals surface area (Å²) >= 11 is 0. The van der Waals surface area contributed by atoms with Crippen molar-refractivity contribution in [1.29, 1.82) is 0 Å². The Bertz CT molecular complexity index is 560. The molecular formula is C17H27NO5. The Morgan fingerprint density at radius 2 is 1.65 bits per heavy atom. The summed E-state index contributed by atoms with van der Waals surface area (Å²) < 4.78 is 17.3. The number of carbonyl (C=O) groups is 2. The molecule has 1 aromatic heterocycles. The van der Waals surface area contributed by atoms with Crippen LogP contribution in [-0.2, 0) is 20.8 Å². The van der Waals surface area contributed by atoms with Gasteiger partial charge in [-0.3, -0.25) is 0 Å². The first kappa shape index (κ1) is 19.2. The van der Waals surface area contributed by atoms with Crippen LogP contribution >= 0.6 is 0 Å². The average molecular weight is 325 g/mol. The molecule has 0 aliphatic rings. The van der Waals surface area contributed by atoms with Crippen LogP contribution in [0.2, 0.25) is 0 Å². The first-order valence-electron chi connectivity index (χ1n) is 7.96. The summed E-state index contributed by atoms with van der Waals surface area (Å²) in [6.45, 7) is 10.7. The second-order valence-electron chi connectivity index (χ2n) is 5.46. The van der Waals surface area contributed by atoms with Crippen molar-refractivity contribution in [2.75, 3.05) is 26.9 Å². The molecule has 0 atom stereocenters. The van der Waals surface area contributed by atoms with Gasteiger partial charge in [-0.15, -0.1) is 0 Å². The van der Waals surface area contributed by atoms with Gasteiger partial charge in [0.25, 0.3) is 0 Å². The lowest BCUT2D eigenvalue weighted by Gasteiger charge is -2.13. The molecule has 0 aliphatic carbocycles. The monoisotopic (exact) mass is 325 g/mol. The maximum Gasteiger partial charge on any atom is 0.355 e. The predicted molar refractivity (Wildman–Crippen MR) is 87.0 cm³/mol. The molecule has 0 aliphatic heterocycles. The quantitative estimate of drug-likeness (QED) is 0.688. The van der Waals surface area contributed by atoms with E-state index in [4.69, 9.17) is 14.2 Å². The molecule has 130 valence electrons. The standard InChI is InChI=1S/C17H27NO5/c1-7-22-16(19)14-12(5)18(9-10-21-6)15(13(14)11(3)4)17(20)23-8-2/h11H,7-10H2,1-6H3. The van der Waals surface area contributed by atoms with Gasteiger partial charge in [0.15, 0.2) is 0 Å². The normalized spacial score (nSPS) is 10.9. The van der Waals surface area contributed by atoms with E-state index >= 15 is 0 Å². The fraction of sp³-hybridized carbons (Fsp3) is 0.647. The lowest BCUT2D eigenvalue weighted by Crippen LogP contribution is -2.17. The van der Waals surface area contributed by atoms with Crippen LogP contribution in [0, 0.1) is 6.92 Å². The fourth-order valence-electron chi connectivity index (χ4n) is 2.67. The zero-order valence-corrected chi connectivity index (χ0v) is 14.9. The van der Waals surface area contributed by atoms with Crippen molar-refractivity contribution in [2.24, 2.45) is 0 Å². The van der Waals surface area contributed by atoms with Gasteiger partial charge in [-0.25, -0.2) is 9.59 Å². The van der Waals surface area contributed by atoms with Gasteiger partial charge < -0.3 is 18.8 Å². The molecule has 1 rings (SSSR count). The van der Waals surface area contributed by atoms with Gasteiger partial charge in [0.1, 0.15) is 5.69 Å². The number of hydrogen-bond donors (Lipinski definition) is 0. The molecule has 0 saturated heterocycles. The lowest BCUT2D eigenvalue weighted by atomic mass is 9.97. The number of nitrogens with zero attached hydrogens (tertiary/aromatic N) is 1. The minimum absolute atomic E-state index is 0.0173. The van der Waals surface area contributed by atoms with Gasteiger partial charge in [0.05, 0.1) is 25.4 Å². The van der Waals surface area contributed by atoms with Crippen molar-refractivity contribution >= 4 is 11.9 Å². The maximum absolute atomic E-state index is 12.5. The number of carbonyl (C=O) groups excluding carboxylic acids is 2. The summed E-state index contributed by atoms with van der Waals surface area (Å²) in [6.07, 6.45) is 0. The second-order valence-corrected chi connectivity index (χ2v) is 5.46. The topological polar surface area (TPSA) is 66.8 Å². The molecule has 6 heteroatoms. The van der Waals surface area contributed by atoms with Crippen LogP contribution in [0.3, 0.4) is 0 Å². The minimum Gasteiger partial charge on any atom is -0.462 e. The van der Waals surface area contributed by atoms with E-state index in [1.54, 1.807) is 25.5 Å². The largest absolute Gasteiger partial charge is 0.462 e. The summed E-state index contributed by atoms with van der Waals surface area (Å²) in [5.74, 6) is -0.849. The molecule has 0 saturated carbocycles. The highest BCUT2D eigenvalue weighted by molar-refractivity contribution is 5.99. The molecule has 0 fully saturated rings. The predicted octanol–water partition coefficient (Wildman–Crippen LogP) is 2.92. The Morgan fingerprint density at radius 1 is 1.09 bits per heavy atom. The Kier molecular flexibility index (Phi) is 7.29. The van der Waals surface area contributed by atoms with Gasteiger partial charge >= 0.3 is 11.9 Å². The molecule has 0 aromatic carbocycles. The van der Waals surface area contributed by atoms with Crippen LogP contribution in [0.25, 0.3) is 0 Å². The second kappa shape index (κ2) is 8.72. The number of methoxy groups -OCH3 is 1. The van der Waals surface area contributed by atoms with E-state index in [1.807, 2.05) is 20.8 Å². The van der Waals surface area contributed by atoms with Crippen molar-refractivity contribution in [3.05, 3.63) is 22.5 Å². The summed E-state index contributed by atoms with van der Waals surface area (Å²) in [4.78, 5) is 24.9. The van der Waals surface area contributed by atoms with E-state index in [1.165, 1.54) is 0 Å². The van der Waals surface area contributed by atoms with E-state index in [0.717, 1.165) is 0 Å². The lowest BCUT2D eigenvalue weighted by molar-refractivity contribution is 0.0508. The average Bonchev–Trinajstić information content (AvgIpc) is 2.78. The van der Waals surface area contributed by atoms with Crippen LogP contribution in [0.15, 0.2) is 0 Å². The van der Waals surface area contributed by atoms with Crippen molar-refractivity contribution < 1.29 is 23.8 Å². The molecule has 0 spiro atoms. The molecule has 0 radical (unpaired) electrons. The van der Waals surface area contributed by atoms with Gasteiger partial charge in [0, 0.05) is 24.9 Å². The number of aromatic nitrogens is 1. The number of rotatable bonds is 8. The van der Waals surface area contributed by atoms with Crippen molar-refractivity contribution in [1.82, 2.24) is 4.57 Å². The van der Waals surface area contributed by atoms with E-state index < -0.39 is 11.9 Å². The fourth-order valence-corrected chi connectivity index (χ4v) is 2.67. The number of esters is 2. The van der Waals surface area contributed by atoms with Gasteiger partial charge in [0.2, 0.25) is 0 Å². The third-order valence-electron chi connectivity index (χ3n) is 3.61. The van der Waals surface area contributed by atoms with Gasteiger partial charge in [-0.2, -0.15) is 0 Å². The highest BCUT2D eigenvalue weighted by Gasteiger charge is 2.31. The molecule has 6 nitrogen and oxygen atoms in total. The van der Waals surface area contributed by atoms with E-state index in [-0.39, 0.29) is 19.1 Å². The Hall–Kier alpha value is -1.82. The molecule has 0 amide bonds. The zero-order chi connectivity index (χ0) is 17.6. The van der Waals surface area contributed by atoms with Crippen LogP contribution in [0.1, 0.15) is 65.7 Å². The highest BCUT2D eigenvalue weighted by Crippen LogP contribution is 2.31. The SMILES string of the molecule is CCOC(=O)c1c(C(C)C)c(C(=O)OCC)n(CCOC)c1C. The third-order valence-corrected chi connectivity index (χ3v) is 3.61. The van der Waals surface area contributed by atoms with E-state index in [9.17, 15) is 9.59 Å². The maximum atomic E-state index is 12.5. The van der Waals surface area contributed by atoms with Crippen LogP contribution in [0.5, 0.6) is 0 Å². The van der Waals surface area contributed by atoms with Crippen molar-refractivity contribution in [2.45, 2.75) is 47.1 Å². The zero-order valence-electron chi connectivity index (χ0n) is 14.9. The molecule has 0 N–H and O–H groups in total. The van der Waals surface area contributed by atoms with Gasteiger partial charge in [-0.1, -0.05) is 13.8 Å². The highest BCUT2D eigenvalue weighted by atomic mass is 16.5. The molecule has 1 heterocycles. The van der Waals surface area contributed by atoms with Crippen LogP contribution in [-0.4, -0.2) is 43.4 Å². The number of ether oxygens (including phenoxy) is 3. The number of hydrogen-bond acceptors (Lipinski definition) is 5. The summed E-state index contributed by atoms with van der Waals surface area (Å²) in [5, 5.41) is 0.